The quantitative estimate of drug-likeness (QED) is 0.667. The van der Waals surface area contributed by atoms with Gasteiger partial charge in [-0.15, -0.1) is 12.4 Å². The molecule has 0 aromatic heterocycles. The van der Waals surface area contributed by atoms with Gasteiger partial charge in [0.2, 0.25) is 15.9 Å². The number of rotatable bonds is 6. The van der Waals surface area contributed by atoms with E-state index in [1.54, 1.807) is 6.07 Å². The molecular weight excluding hydrogens is 394 g/mol. The monoisotopic (exact) mass is 419 g/mol. The molecule has 10 heteroatoms. The maximum absolute atomic E-state index is 12.6. The summed E-state index contributed by atoms with van der Waals surface area (Å²) in [4.78, 5) is 12.2. The van der Waals surface area contributed by atoms with Gasteiger partial charge in [-0.3, -0.25) is 4.79 Å². The van der Waals surface area contributed by atoms with Crippen LogP contribution >= 0.6 is 12.4 Å². The molecule has 2 N–H and O–H groups in total. The minimum atomic E-state index is -3.41. The Bertz CT molecular complexity index is 719. The number of amides is 1. The molecule has 1 amide bonds. The second kappa shape index (κ2) is 10.4. The summed E-state index contributed by atoms with van der Waals surface area (Å²) in [6.45, 7) is 3.49. The molecule has 0 saturated carbocycles. The van der Waals surface area contributed by atoms with Crippen LogP contribution in [0.2, 0.25) is 0 Å². The van der Waals surface area contributed by atoms with Gasteiger partial charge < -0.3 is 20.1 Å². The summed E-state index contributed by atoms with van der Waals surface area (Å²) in [6.07, 6.45) is 0. The zero-order chi connectivity index (χ0) is 18.4. The Morgan fingerprint density at radius 1 is 1.15 bits per heavy atom. The van der Waals surface area contributed by atoms with Crippen LogP contribution in [-0.2, 0) is 36.6 Å². The largest absolute Gasteiger partial charge is 0.379 e. The second-order valence-corrected chi connectivity index (χ2v) is 8.30. The zero-order valence-electron chi connectivity index (χ0n) is 15.1. The molecule has 8 nitrogen and oxygen atoms in total. The van der Waals surface area contributed by atoms with Crippen molar-refractivity contribution in [3.05, 3.63) is 35.4 Å². The highest BCUT2D eigenvalue weighted by atomic mass is 35.5. The van der Waals surface area contributed by atoms with Crippen LogP contribution in [0.25, 0.3) is 0 Å². The number of benzene rings is 1. The van der Waals surface area contributed by atoms with Crippen LogP contribution in [0.4, 0.5) is 0 Å². The molecular formula is C17H26ClN3O5S. The normalized spacial score (nSPS) is 21.3. The summed E-state index contributed by atoms with van der Waals surface area (Å²) in [7, 11) is -3.41. The Morgan fingerprint density at radius 2 is 1.85 bits per heavy atom. The van der Waals surface area contributed by atoms with Crippen molar-refractivity contribution in [1.82, 2.24) is 14.9 Å². The molecule has 1 unspecified atom stereocenters. The van der Waals surface area contributed by atoms with E-state index in [9.17, 15) is 13.2 Å². The molecule has 1 aromatic rings. The zero-order valence-corrected chi connectivity index (χ0v) is 16.7. The molecule has 2 aliphatic heterocycles. The highest BCUT2D eigenvalue weighted by molar-refractivity contribution is 7.88. The lowest BCUT2D eigenvalue weighted by molar-refractivity contribution is -0.126. The molecule has 0 radical (unpaired) electrons. The molecule has 27 heavy (non-hydrogen) atoms. The van der Waals surface area contributed by atoms with Gasteiger partial charge in [-0.25, -0.2) is 8.42 Å². The van der Waals surface area contributed by atoms with E-state index in [1.807, 2.05) is 18.2 Å². The maximum Gasteiger partial charge on any atom is 0.239 e. The van der Waals surface area contributed by atoms with Gasteiger partial charge in [-0.2, -0.15) is 4.31 Å². The third-order valence-corrected chi connectivity index (χ3v) is 6.34. The van der Waals surface area contributed by atoms with Crippen molar-refractivity contribution >= 4 is 28.3 Å². The number of nitrogens with zero attached hydrogens (tertiary/aromatic N) is 1. The fourth-order valence-corrected chi connectivity index (χ4v) is 4.59. The predicted octanol–water partition coefficient (Wildman–Crippen LogP) is -0.125. The van der Waals surface area contributed by atoms with Gasteiger partial charge in [0.05, 0.1) is 32.2 Å². The molecule has 0 bridgehead atoms. The first-order valence-corrected chi connectivity index (χ1v) is 10.4. The van der Waals surface area contributed by atoms with Gasteiger partial charge in [-0.1, -0.05) is 24.3 Å². The van der Waals surface area contributed by atoms with Crippen LogP contribution < -0.4 is 10.6 Å². The first-order chi connectivity index (χ1) is 12.6. The third kappa shape index (κ3) is 6.13. The minimum absolute atomic E-state index is 0. The number of nitrogens with one attached hydrogen (secondary N) is 2. The van der Waals surface area contributed by atoms with E-state index in [0.29, 0.717) is 51.6 Å². The van der Waals surface area contributed by atoms with Gasteiger partial charge in [-0.05, 0) is 11.1 Å². The van der Waals surface area contributed by atoms with E-state index in [0.717, 1.165) is 5.56 Å². The number of hydrogen-bond donors (Lipinski definition) is 2. The van der Waals surface area contributed by atoms with E-state index in [2.05, 4.69) is 10.6 Å². The summed E-state index contributed by atoms with van der Waals surface area (Å²) in [5, 5.41) is 5.96. The van der Waals surface area contributed by atoms with Crippen LogP contribution in [-0.4, -0.2) is 70.7 Å². The Kier molecular flexibility index (Phi) is 8.46. The number of sulfonamides is 1. The summed E-state index contributed by atoms with van der Waals surface area (Å²) in [6, 6.07) is 6.92. The van der Waals surface area contributed by atoms with Crippen LogP contribution in [0.5, 0.6) is 0 Å². The van der Waals surface area contributed by atoms with Crippen molar-refractivity contribution in [2.24, 2.45) is 0 Å². The molecule has 0 aliphatic carbocycles. The molecule has 152 valence electrons. The highest BCUT2D eigenvalue weighted by Gasteiger charge is 2.26. The Balaban J connectivity index is 0.00000261. The summed E-state index contributed by atoms with van der Waals surface area (Å²) in [5.74, 6) is -0.223. The standard InChI is InChI=1S/C17H25N3O5S.ClH/c21-17(16-12-25-8-5-18-16)19-11-14-3-1-2-4-15(14)13-26(22,23)20-6-9-24-10-7-20;/h1-4,16,18H,5-13H2,(H,19,21);1H. The molecule has 2 heterocycles. The lowest BCUT2D eigenvalue weighted by Gasteiger charge is -2.26. The number of morpholine rings is 2. The molecule has 0 spiro atoms. The van der Waals surface area contributed by atoms with Crippen LogP contribution in [0, 0.1) is 0 Å². The van der Waals surface area contributed by atoms with Crippen LogP contribution in [0.1, 0.15) is 11.1 Å². The van der Waals surface area contributed by atoms with E-state index >= 15 is 0 Å². The smallest absolute Gasteiger partial charge is 0.239 e. The van der Waals surface area contributed by atoms with Crippen molar-refractivity contribution in [2.75, 3.05) is 46.1 Å². The fourth-order valence-electron chi connectivity index (χ4n) is 3.02. The molecule has 1 atom stereocenters. The lowest BCUT2D eigenvalue weighted by atomic mass is 10.1. The van der Waals surface area contributed by atoms with Gasteiger partial charge in [0.15, 0.2) is 0 Å². The molecule has 1 aromatic carbocycles. The number of halogens is 1. The molecule has 2 aliphatic rings. The lowest BCUT2D eigenvalue weighted by Crippen LogP contribution is -2.51. The van der Waals surface area contributed by atoms with Crippen LogP contribution in [0.15, 0.2) is 24.3 Å². The Hall–Kier alpha value is -1.23. The van der Waals surface area contributed by atoms with E-state index < -0.39 is 10.0 Å². The number of carbonyl (C=O) groups is 1. The average molecular weight is 420 g/mol. The molecule has 3 rings (SSSR count). The minimum Gasteiger partial charge on any atom is -0.379 e. The van der Waals surface area contributed by atoms with E-state index in [-0.39, 0.29) is 36.7 Å². The summed E-state index contributed by atoms with van der Waals surface area (Å²) in [5.41, 5.74) is 1.50. The van der Waals surface area contributed by atoms with Gasteiger partial charge in [0, 0.05) is 26.2 Å². The van der Waals surface area contributed by atoms with Gasteiger partial charge in [0.1, 0.15) is 6.04 Å². The SMILES string of the molecule is Cl.O=C(NCc1ccccc1CS(=O)(=O)N1CCOCC1)C1COCCN1. The first kappa shape index (κ1) is 22.1. The predicted molar refractivity (Wildman–Crippen MR) is 103 cm³/mol. The maximum atomic E-state index is 12.6. The highest BCUT2D eigenvalue weighted by Crippen LogP contribution is 2.16. The average Bonchev–Trinajstić information content (AvgIpc) is 2.68. The van der Waals surface area contributed by atoms with Gasteiger partial charge in [0.25, 0.3) is 0 Å². The van der Waals surface area contributed by atoms with Crippen molar-refractivity contribution < 1.29 is 22.7 Å². The Morgan fingerprint density at radius 3 is 2.52 bits per heavy atom. The van der Waals surface area contributed by atoms with Crippen molar-refractivity contribution in [2.45, 2.75) is 18.3 Å². The molecule has 2 fully saturated rings. The third-order valence-electron chi connectivity index (χ3n) is 4.51. The van der Waals surface area contributed by atoms with E-state index in [4.69, 9.17) is 9.47 Å². The number of hydrogen-bond acceptors (Lipinski definition) is 6. The fraction of sp³-hybridized carbons (Fsp3) is 0.588. The molecule has 2 saturated heterocycles. The first-order valence-electron chi connectivity index (χ1n) is 8.77. The number of ether oxygens (including phenoxy) is 2. The topological polar surface area (TPSA) is 97.0 Å². The van der Waals surface area contributed by atoms with E-state index in [1.165, 1.54) is 4.31 Å². The van der Waals surface area contributed by atoms with Crippen molar-refractivity contribution in [3.63, 3.8) is 0 Å². The second-order valence-electron chi connectivity index (χ2n) is 6.34. The van der Waals surface area contributed by atoms with Gasteiger partial charge >= 0.3 is 0 Å². The summed E-state index contributed by atoms with van der Waals surface area (Å²) >= 11 is 0. The van der Waals surface area contributed by atoms with Crippen molar-refractivity contribution in [1.29, 1.82) is 0 Å². The number of carbonyl (C=O) groups excluding carboxylic acids is 1. The van der Waals surface area contributed by atoms with Crippen LogP contribution in [0.3, 0.4) is 0 Å². The Labute approximate surface area is 166 Å². The van der Waals surface area contributed by atoms with Crippen molar-refractivity contribution in [3.8, 4) is 0 Å². The summed E-state index contributed by atoms with van der Waals surface area (Å²) < 4.78 is 37.3.